The van der Waals surface area contributed by atoms with Gasteiger partial charge in [0.2, 0.25) is 0 Å². The van der Waals surface area contributed by atoms with E-state index in [1.54, 1.807) is 0 Å². The molecule has 1 rings (SSSR count). The molecule has 1 nitrogen and oxygen atoms in total. The quantitative estimate of drug-likeness (QED) is 0.695. The first kappa shape index (κ1) is 12.7. The van der Waals surface area contributed by atoms with Gasteiger partial charge in [0.1, 0.15) is 5.78 Å². The van der Waals surface area contributed by atoms with Crippen molar-refractivity contribution in [2.75, 3.05) is 0 Å². The number of unbranched alkanes of at least 4 members (excludes halogenated alkanes) is 1. The van der Waals surface area contributed by atoms with Gasteiger partial charge in [-0.1, -0.05) is 55.3 Å². The van der Waals surface area contributed by atoms with Gasteiger partial charge in [-0.2, -0.15) is 0 Å². The summed E-state index contributed by atoms with van der Waals surface area (Å²) >= 11 is 0. The third kappa shape index (κ3) is 4.92. The zero-order chi connectivity index (χ0) is 11.8. The van der Waals surface area contributed by atoms with Crippen LogP contribution in [0, 0.1) is 0 Å². The minimum absolute atomic E-state index is 0.353. The first-order valence-electron chi connectivity index (χ1n) is 5.96. The van der Waals surface area contributed by atoms with Crippen molar-refractivity contribution in [2.45, 2.75) is 39.5 Å². The number of benzene rings is 1. The maximum absolute atomic E-state index is 11.6. The van der Waals surface area contributed by atoms with Crippen LogP contribution >= 0.6 is 0 Å². The largest absolute Gasteiger partial charge is 0.299 e. The molecule has 0 heterocycles. The average molecular weight is 216 g/mol. The lowest BCUT2D eigenvalue weighted by atomic mass is 10.0. The molecule has 1 aromatic rings. The Morgan fingerprint density at radius 2 is 1.94 bits per heavy atom. The predicted octanol–water partition coefficient (Wildman–Crippen LogP) is 4.24. The summed E-state index contributed by atoms with van der Waals surface area (Å²) in [5, 5.41) is 0. The summed E-state index contributed by atoms with van der Waals surface area (Å²) in [7, 11) is 0. The van der Waals surface area contributed by atoms with Crippen LogP contribution in [0.3, 0.4) is 0 Å². The Morgan fingerprint density at radius 3 is 2.56 bits per heavy atom. The van der Waals surface area contributed by atoms with Crippen molar-refractivity contribution in [2.24, 2.45) is 0 Å². The fourth-order valence-electron chi connectivity index (χ4n) is 1.66. The molecule has 0 saturated carbocycles. The lowest BCUT2D eigenvalue weighted by molar-refractivity contribution is -0.118. The molecule has 16 heavy (non-hydrogen) atoms. The van der Waals surface area contributed by atoms with Crippen LogP contribution in [-0.4, -0.2) is 5.78 Å². The lowest BCUT2D eigenvalue weighted by Gasteiger charge is -2.01. The molecule has 0 aliphatic carbocycles. The van der Waals surface area contributed by atoms with Crippen LogP contribution < -0.4 is 0 Å². The summed E-state index contributed by atoms with van der Waals surface area (Å²) in [5.41, 5.74) is 2.32. The van der Waals surface area contributed by atoms with Gasteiger partial charge in [-0.25, -0.2) is 0 Å². The van der Waals surface area contributed by atoms with Crippen molar-refractivity contribution in [3.8, 4) is 0 Å². The van der Waals surface area contributed by atoms with E-state index in [4.69, 9.17) is 0 Å². The molecule has 0 atom stereocenters. The Balaban J connectivity index is 2.49. The van der Waals surface area contributed by atoms with Gasteiger partial charge in [0, 0.05) is 12.8 Å². The summed E-state index contributed by atoms with van der Waals surface area (Å²) < 4.78 is 0. The van der Waals surface area contributed by atoms with Gasteiger partial charge < -0.3 is 0 Å². The number of carbonyl (C=O) groups excluding carboxylic acids is 1. The van der Waals surface area contributed by atoms with Gasteiger partial charge in [-0.05, 0) is 18.9 Å². The number of Topliss-reactive ketones (excluding diaryl/α,β-unsaturated/α-hetero) is 1. The molecule has 1 heteroatoms. The molecule has 0 aliphatic heterocycles. The highest BCUT2D eigenvalue weighted by atomic mass is 16.1. The van der Waals surface area contributed by atoms with E-state index in [9.17, 15) is 4.79 Å². The second kappa shape index (κ2) is 7.00. The van der Waals surface area contributed by atoms with E-state index in [1.807, 2.05) is 25.1 Å². The maximum atomic E-state index is 11.6. The zero-order valence-corrected chi connectivity index (χ0v) is 10.2. The van der Waals surface area contributed by atoms with Crippen LogP contribution in [-0.2, 0) is 4.79 Å². The van der Waals surface area contributed by atoms with Crippen molar-refractivity contribution in [1.82, 2.24) is 0 Å². The fraction of sp³-hybridized carbons (Fsp3) is 0.400. The molecule has 0 spiro atoms. The van der Waals surface area contributed by atoms with E-state index in [2.05, 4.69) is 25.1 Å². The molecule has 0 saturated heterocycles. The lowest BCUT2D eigenvalue weighted by Crippen LogP contribution is -1.97. The minimum Gasteiger partial charge on any atom is -0.299 e. The number of ketones is 1. The predicted molar refractivity (Wildman–Crippen MR) is 69.2 cm³/mol. The van der Waals surface area contributed by atoms with Crippen LogP contribution in [0.2, 0.25) is 0 Å². The molecular weight excluding hydrogens is 196 g/mol. The first-order chi connectivity index (χ1) is 7.72. The zero-order valence-electron chi connectivity index (χ0n) is 10.2. The van der Waals surface area contributed by atoms with Gasteiger partial charge >= 0.3 is 0 Å². The summed E-state index contributed by atoms with van der Waals surface area (Å²) in [4.78, 5) is 11.6. The Morgan fingerprint density at radius 1 is 1.25 bits per heavy atom. The number of allylic oxidation sites excluding steroid dienone is 1. The Bertz CT molecular complexity index is 349. The second-order valence-electron chi connectivity index (χ2n) is 4.22. The van der Waals surface area contributed by atoms with Gasteiger partial charge in [-0.3, -0.25) is 4.79 Å². The molecule has 0 radical (unpaired) electrons. The summed E-state index contributed by atoms with van der Waals surface area (Å²) in [6, 6.07) is 10.1. The number of hydrogen-bond acceptors (Lipinski definition) is 1. The topological polar surface area (TPSA) is 17.1 Å². The standard InChI is InChI=1S/C15H20O/c1-3-4-10-15(16)12-13(2)11-14-8-6-5-7-9-14/h5-9,11H,3-4,10,12H2,1-2H3. The molecule has 0 fully saturated rings. The molecule has 0 aliphatic rings. The van der Waals surface area contributed by atoms with Gasteiger partial charge in [0.15, 0.2) is 0 Å². The molecule has 0 bridgehead atoms. The minimum atomic E-state index is 0.353. The number of carbonyl (C=O) groups is 1. The van der Waals surface area contributed by atoms with E-state index < -0.39 is 0 Å². The molecule has 0 unspecified atom stereocenters. The second-order valence-corrected chi connectivity index (χ2v) is 4.22. The van der Waals surface area contributed by atoms with E-state index >= 15 is 0 Å². The van der Waals surface area contributed by atoms with Crippen molar-refractivity contribution < 1.29 is 4.79 Å². The SMILES string of the molecule is CCCCC(=O)CC(C)=Cc1ccccc1. The van der Waals surface area contributed by atoms with Crippen molar-refractivity contribution in [3.05, 3.63) is 41.5 Å². The Labute approximate surface area is 98.2 Å². The van der Waals surface area contributed by atoms with Crippen molar-refractivity contribution >= 4 is 11.9 Å². The third-order valence-corrected chi connectivity index (χ3v) is 2.50. The molecule has 0 amide bonds. The highest BCUT2D eigenvalue weighted by molar-refractivity contribution is 5.81. The average Bonchev–Trinajstić information content (AvgIpc) is 2.27. The highest BCUT2D eigenvalue weighted by Crippen LogP contribution is 2.11. The van der Waals surface area contributed by atoms with Gasteiger partial charge in [0.25, 0.3) is 0 Å². The number of hydrogen-bond donors (Lipinski definition) is 0. The Kier molecular flexibility index (Phi) is 5.55. The smallest absolute Gasteiger partial charge is 0.136 e. The maximum Gasteiger partial charge on any atom is 0.136 e. The molecule has 1 aromatic carbocycles. The Hall–Kier alpha value is -1.37. The van der Waals surface area contributed by atoms with Crippen LogP contribution in [0.5, 0.6) is 0 Å². The van der Waals surface area contributed by atoms with E-state index in [1.165, 1.54) is 5.56 Å². The monoisotopic (exact) mass is 216 g/mol. The van der Waals surface area contributed by atoms with Crippen LogP contribution in [0.15, 0.2) is 35.9 Å². The molecule has 0 N–H and O–H groups in total. The van der Waals surface area contributed by atoms with Crippen LogP contribution in [0.1, 0.15) is 45.1 Å². The highest BCUT2D eigenvalue weighted by Gasteiger charge is 2.02. The van der Waals surface area contributed by atoms with E-state index in [0.29, 0.717) is 12.2 Å². The fourth-order valence-corrected chi connectivity index (χ4v) is 1.66. The van der Waals surface area contributed by atoms with Crippen LogP contribution in [0.4, 0.5) is 0 Å². The summed E-state index contributed by atoms with van der Waals surface area (Å²) in [6.07, 6.45) is 5.50. The van der Waals surface area contributed by atoms with Crippen molar-refractivity contribution in [1.29, 1.82) is 0 Å². The van der Waals surface area contributed by atoms with Gasteiger partial charge in [-0.15, -0.1) is 0 Å². The van der Waals surface area contributed by atoms with Crippen molar-refractivity contribution in [3.63, 3.8) is 0 Å². The number of rotatable bonds is 6. The summed E-state index contributed by atoms with van der Waals surface area (Å²) in [5.74, 6) is 0.353. The molecule has 0 aromatic heterocycles. The molecular formula is C15H20O. The van der Waals surface area contributed by atoms with E-state index in [-0.39, 0.29) is 0 Å². The first-order valence-corrected chi connectivity index (χ1v) is 5.96. The third-order valence-electron chi connectivity index (χ3n) is 2.50. The summed E-state index contributed by atoms with van der Waals surface area (Å²) in [6.45, 7) is 4.14. The normalized spacial score (nSPS) is 11.5. The van der Waals surface area contributed by atoms with Gasteiger partial charge in [0.05, 0.1) is 0 Å². The van der Waals surface area contributed by atoms with Crippen LogP contribution in [0.25, 0.3) is 6.08 Å². The molecule has 86 valence electrons. The van der Waals surface area contributed by atoms with E-state index in [0.717, 1.165) is 24.8 Å².